The van der Waals surface area contributed by atoms with Crippen LogP contribution in [0, 0.1) is 0 Å². The Morgan fingerprint density at radius 3 is 2.62 bits per heavy atom. The van der Waals surface area contributed by atoms with E-state index in [0.717, 1.165) is 14.9 Å². The van der Waals surface area contributed by atoms with Crippen LogP contribution in [-0.4, -0.2) is 31.0 Å². The molecule has 0 fully saturated rings. The lowest BCUT2D eigenvalue weighted by molar-refractivity contribution is -0.121. The highest BCUT2D eigenvalue weighted by Crippen LogP contribution is 2.30. The fourth-order valence-electron chi connectivity index (χ4n) is 2.95. The Kier molecular flexibility index (Phi) is 5.40. The standard InChI is InChI=1S/C20H16ClN3O3S2/c21-15-8-9-18-17(11-15)20(14-5-2-1-3-6-14)23-24(29(18,26)27)13-19(25)22-12-16-7-4-10-28-16/h1-11H,12-13H2,(H,22,25). The van der Waals surface area contributed by atoms with E-state index in [1.165, 1.54) is 23.5 Å². The molecule has 6 nitrogen and oxygen atoms in total. The molecule has 0 bridgehead atoms. The van der Waals surface area contributed by atoms with Gasteiger partial charge in [-0.1, -0.05) is 48.0 Å². The van der Waals surface area contributed by atoms with Crippen molar-refractivity contribution in [1.82, 2.24) is 9.73 Å². The maximum absolute atomic E-state index is 13.1. The summed E-state index contributed by atoms with van der Waals surface area (Å²) in [5, 5.41) is 9.37. The molecule has 4 rings (SSSR count). The first kappa shape index (κ1) is 19.6. The summed E-state index contributed by atoms with van der Waals surface area (Å²) in [6.45, 7) is -0.0715. The van der Waals surface area contributed by atoms with Gasteiger partial charge in [-0.25, -0.2) is 0 Å². The van der Waals surface area contributed by atoms with Crippen LogP contribution in [0.4, 0.5) is 0 Å². The van der Waals surface area contributed by atoms with Crippen LogP contribution in [0.25, 0.3) is 0 Å². The van der Waals surface area contributed by atoms with Crippen molar-refractivity contribution in [3.05, 3.63) is 87.1 Å². The number of carbonyl (C=O) groups is 1. The van der Waals surface area contributed by atoms with Gasteiger partial charge in [0.1, 0.15) is 12.3 Å². The molecular weight excluding hydrogens is 430 g/mol. The van der Waals surface area contributed by atoms with Crippen LogP contribution in [0.2, 0.25) is 5.02 Å². The van der Waals surface area contributed by atoms with Crippen molar-refractivity contribution in [3.63, 3.8) is 0 Å². The number of hydrogen-bond donors (Lipinski definition) is 1. The summed E-state index contributed by atoms with van der Waals surface area (Å²) < 4.78 is 27.0. The average Bonchev–Trinajstić information content (AvgIpc) is 3.23. The molecule has 1 N–H and O–H groups in total. The summed E-state index contributed by atoms with van der Waals surface area (Å²) in [6.07, 6.45) is 0. The quantitative estimate of drug-likeness (QED) is 0.653. The number of halogens is 1. The largest absolute Gasteiger partial charge is 0.350 e. The summed E-state index contributed by atoms with van der Waals surface area (Å²) in [7, 11) is -3.98. The molecule has 2 heterocycles. The van der Waals surface area contributed by atoms with Crippen molar-refractivity contribution in [2.45, 2.75) is 11.4 Å². The van der Waals surface area contributed by atoms with Crippen LogP contribution in [0.15, 0.2) is 76.0 Å². The number of thiophene rings is 1. The number of amides is 1. The minimum absolute atomic E-state index is 0.0711. The maximum Gasteiger partial charge on any atom is 0.280 e. The zero-order chi connectivity index (χ0) is 20.4. The van der Waals surface area contributed by atoms with Crippen molar-refractivity contribution >= 4 is 44.6 Å². The lowest BCUT2D eigenvalue weighted by Crippen LogP contribution is -2.40. The van der Waals surface area contributed by atoms with Gasteiger partial charge in [0.15, 0.2) is 0 Å². The molecule has 2 aromatic carbocycles. The fourth-order valence-corrected chi connectivity index (χ4v) is 5.15. The van der Waals surface area contributed by atoms with Gasteiger partial charge in [-0.3, -0.25) is 4.79 Å². The molecule has 0 spiro atoms. The number of nitrogens with zero attached hydrogens (tertiary/aromatic N) is 2. The highest BCUT2D eigenvalue weighted by molar-refractivity contribution is 7.89. The van der Waals surface area contributed by atoms with Gasteiger partial charge in [0, 0.05) is 21.0 Å². The van der Waals surface area contributed by atoms with Crippen LogP contribution in [-0.2, 0) is 21.4 Å². The second-order valence-electron chi connectivity index (χ2n) is 6.30. The topological polar surface area (TPSA) is 78.8 Å². The fraction of sp³-hybridized carbons (Fsp3) is 0.100. The highest BCUT2D eigenvalue weighted by Gasteiger charge is 2.34. The molecule has 0 saturated heterocycles. The molecule has 29 heavy (non-hydrogen) atoms. The summed E-state index contributed by atoms with van der Waals surface area (Å²) in [5.41, 5.74) is 1.60. The molecule has 1 aliphatic rings. The van der Waals surface area contributed by atoms with E-state index in [9.17, 15) is 13.2 Å². The highest BCUT2D eigenvalue weighted by atomic mass is 35.5. The van der Waals surface area contributed by atoms with Crippen molar-refractivity contribution in [1.29, 1.82) is 0 Å². The second-order valence-corrected chi connectivity index (χ2v) is 9.58. The Balaban J connectivity index is 1.68. The molecule has 148 valence electrons. The first-order chi connectivity index (χ1) is 13.9. The zero-order valence-corrected chi connectivity index (χ0v) is 17.5. The SMILES string of the molecule is O=C(CN1N=C(c2ccccc2)c2cc(Cl)ccc2S1(=O)=O)NCc1cccs1. The smallest absolute Gasteiger partial charge is 0.280 e. The monoisotopic (exact) mass is 445 g/mol. The number of fused-ring (bicyclic) bond motifs is 1. The maximum atomic E-state index is 13.1. The molecule has 3 aromatic rings. The number of carbonyl (C=O) groups excluding carboxylic acids is 1. The third-order valence-corrected chi connectivity index (χ3v) is 7.12. The van der Waals surface area contributed by atoms with E-state index < -0.39 is 22.5 Å². The second kappa shape index (κ2) is 7.98. The molecular formula is C20H16ClN3O3S2. The summed E-state index contributed by atoms with van der Waals surface area (Å²) >= 11 is 7.62. The third kappa shape index (κ3) is 4.05. The van der Waals surface area contributed by atoms with E-state index in [0.29, 0.717) is 22.8 Å². The minimum Gasteiger partial charge on any atom is -0.350 e. The van der Waals surface area contributed by atoms with Crippen LogP contribution >= 0.6 is 22.9 Å². The molecule has 0 aliphatic carbocycles. The number of hydrazone groups is 1. The number of benzene rings is 2. The molecule has 0 atom stereocenters. The van der Waals surface area contributed by atoms with Gasteiger partial charge in [-0.2, -0.15) is 17.9 Å². The number of nitrogens with one attached hydrogen (secondary N) is 1. The summed E-state index contributed by atoms with van der Waals surface area (Å²) in [4.78, 5) is 13.5. The first-order valence-corrected chi connectivity index (χ1v) is 11.4. The third-order valence-electron chi connectivity index (χ3n) is 4.33. The Morgan fingerprint density at radius 1 is 1.10 bits per heavy atom. The Labute approximate surface area is 177 Å². The van der Waals surface area contributed by atoms with Gasteiger partial charge in [0.05, 0.1) is 11.4 Å². The first-order valence-electron chi connectivity index (χ1n) is 8.71. The van der Waals surface area contributed by atoms with E-state index in [1.54, 1.807) is 6.07 Å². The van der Waals surface area contributed by atoms with Crippen LogP contribution in [0.3, 0.4) is 0 Å². The van der Waals surface area contributed by atoms with Crippen LogP contribution < -0.4 is 5.32 Å². The molecule has 0 saturated carbocycles. The minimum atomic E-state index is -3.98. The predicted molar refractivity (Wildman–Crippen MR) is 114 cm³/mol. The van der Waals surface area contributed by atoms with Crippen LogP contribution in [0.5, 0.6) is 0 Å². The van der Waals surface area contributed by atoms with Crippen molar-refractivity contribution in [2.24, 2.45) is 5.10 Å². The van der Waals surface area contributed by atoms with E-state index in [4.69, 9.17) is 11.6 Å². The normalized spacial score (nSPS) is 14.8. The van der Waals surface area contributed by atoms with Crippen molar-refractivity contribution in [3.8, 4) is 0 Å². The molecule has 1 aromatic heterocycles. The Bertz CT molecular complexity index is 1180. The molecule has 1 aliphatic heterocycles. The zero-order valence-electron chi connectivity index (χ0n) is 15.1. The lowest BCUT2D eigenvalue weighted by atomic mass is 10.0. The van der Waals surface area contributed by atoms with E-state index in [-0.39, 0.29) is 4.90 Å². The van der Waals surface area contributed by atoms with Gasteiger partial charge in [0.25, 0.3) is 10.0 Å². The molecule has 0 radical (unpaired) electrons. The lowest BCUT2D eigenvalue weighted by Gasteiger charge is -2.27. The van der Waals surface area contributed by atoms with E-state index in [1.807, 2.05) is 47.8 Å². The van der Waals surface area contributed by atoms with E-state index >= 15 is 0 Å². The molecule has 1 amide bonds. The number of sulfonamides is 1. The van der Waals surface area contributed by atoms with E-state index in [2.05, 4.69) is 10.4 Å². The van der Waals surface area contributed by atoms with Crippen LogP contribution in [0.1, 0.15) is 16.0 Å². The Hall–Kier alpha value is -2.68. The summed E-state index contributed by atoms with van der Waals surface area (Å²) in [5.74, 6) is -0.435. The van der Waals surface area contributed by atoms with Crippen molar-refractivity contribution in [2.75, 3.05) is 6.54 Å². The average molecular weight is 446 g/mol. The van der Waals surface area contributed by atoms with Gasteiger partial charge in [0.2, 0.25) is 5.91 Å². The molecule has 9 heteroatoms. The predicted octanol–water partition coefficient (Wildman–Crippen LogP) is 3.47. The van der Waals surface area contributed by atoms with Gasteiger partial charge >= 0.3 is 0 Å². The van der Waals surface area contributed by atoms with Crippen molar-refractivity contribution < 1.29 is 13.2 Å². The Morgan fingerprint density at radius 2 is 1.90 bits per heavy atom. The summed E-state index contributed by atoms with van der Waals surface area (Å²) in [6, 6.07) is 17.5. The number of hydrogen-bond acceptors (Lipinski definition) is 5. The molecule has 0 unspecified atom stereocenters. The van der Waals surface area contributed by atoms with Gasteiger partial charge in [-0.15, -0.1) is 11.3 Å². The van der Waals surface area contributed by atoms with Gasteiger partial charge < -0.3 is 5.32 Å². The number of rotatable bonds is 5. The van der Waals surface area contributed by atoms with Gasteiger partial charge in [-0.05, 0) is 29.6 Å².